The van der Waals surface area contributed by atoms with Crippen LogP contribution in [0.1, 0.15) is 33.6 Å². The minimum atomic E-state index is 1.06. The third-order valence-electron chi connectivity index (χ3n) is 1.69. The second-order valence-electron chi connectivity index (χ2n) is 2.91. The predicted octanol–water partition coefficient (Wildman–Crippen LogP) is 2.14. The van der Waals surface area contributed by atoms with Crippen LogP contribution >= 0.6 is 0 Å². The number of aromatic nitrogens is 2. The van der Waals surface area contributed by atoms with Crippen molar-refractivity contribution in [2.45, 2.75) is 40.2 Å². The van der Waals surface area contributed by atoms with Gasteiger partial charge in [0.1, 0.15) is 12.4 Å². The van der Waals surface area contributed by atoms with E-state index in [1.165, 1.54) is 12.8 Å². The molecule has 2 heteroatoms. The van der Waals surface area contributed by atoms with Crippen molar-refractivity contribution >= 4 is 0 Å². The van der Waals surface area contributed by atoms with E-state index >= 15 is 0 Å². The zero-order chi connectivity index (χ0) is 9.40. The van der Waals surface area contributed by atoms with E-state index in [9.17, 15) is 0 Å². The zero-order valence-corrected chi connectivity index (χ0v) is 8.75. The number of nitrogens with zero attached hydrogens (tertiary/aromatic N) is 2. The van der Waals surface area contributed by atoms with Gasteiger partial charge in [-0.3, -0.25) is 0 Å². The molecule has 0 saturated carbocycles. The second-order valence-corrected chi connectivity index (χ2v) is 2.91. The van der Waals surface area contributed by atoms with Crippen LogP contribution < -0.4 is 4.57 Å². The summed E-state index contributed by atoms with van der Waals surface area (Å²) in [5.41, 5.74) is 0. The summed E-state index contributed by atoms with van der Waals surface area (Å²) in [6, 6.07) is 0. The predicted molar refractivity (Wildman–Crippen MR) is 51.9 cm³/mol. The Morgan fingerprint density at radius 1 is 1.17 bits per heavy atom. The molecular weight excluding hydrogens is 148 g/mol. The fraction of sp³-hybridized carbons (Fsp3) is 0.700. The molecule has 0 unspecified atom stereocenters. The maximum atomic E-state index is 2.18. The van der Waals surface area contributed by atoms with Gasteiger partial charge in [-0.25, -0.2) is 9.13 Å². The molecule has 2 nitrogen and oxygen atoms in total. The van der Waals surface area contributed by atoms with Crippen LogP contribution in [0.2, 0.25) is 0 Å². The Labute approximate surface area is 75.8 Å². The Morgan fingerprint density at radius 2 is 1.75 bits per heavy atom. The van der Waals surface area contributed by atoms with Gasteiger partial charge in [0, 0.05) is 0 Å². The average molecular weight is 169 g/mol. The first-order valence-electron chi connectivity index (χ1n) is 4.75. The number of aryl methyl sites for hydroxylation is 2. The molecule has 1 aromatic heterocycles. The summed E-state index contributed by atoms with van der Waals surface area (Å²) in [6.07, 6.45) is 8.78. The third kappa shape index (κ3) is 4.94. The van der Waals surface area contributed by atoms with E-state index in [1.807, 2.05) is 17.8 Å². The topological polar surface area (TPSA) is 8.81 Å². The molecule has 0 aromatic carbocycles. The molecule has 0 amide bonds. The molecule has 70 valence electrons. The molecule has 1 rings (SSSR count). The minimum absolute atomic E-state index is 1.06. The lowest BCUT2D eigenvalue weighted by Gasteiger charge is -1.81. The highest BCUT2D eigenvalue weighted by molar-refractivity contribution is 4.63. The standard InChI is InChI=1S/C6H11N2.C4H10/c1-3-8-5-4-7(2)6-8;1-3-4-2/h4-6H,3H2,1-2H3;3-4H2,1-2H3/q+1;. The van der Waals surface area contributed by atoms with Gasteiger partial charge in [0.2, 0.25) is 6.33 Å². The molecule has 0 N–H and O–H groups in total. The van der Waals surface area contributed by atoms with Crippen molar-refractivity contribution in [3.05, 3.63) is 18.7 Å². The monoisotopic (exact) mass is 169 g/mol. The van der Waals surface area contributed by atoms with Crippen LogP contribution in [0, 0.1) is 0 Å². The maximum absolute atomic E-state index is 2.18. The molecule has 0 radical (unpaired) electrons. The van der Waals surface area contributed by atoms with Crippen LogP contribution in [0.3, 0.4) is 0 Å². The van der Waals surface area contributed by atoms with Gasteiger partial charge in [0.25, 0.3) is 0 Å². The number of rotatable bonds is 2. The van der Waals surface area contributed by atoms with E-state index in [0.717, 1.165) is 6.54 Å². The summed E-state index contributed by atoms with van der Waals surface area (Å²) in [6.45, 7) is 7.54. The van der Waals surface area contributed by atoms with E-state index < -0.39 is 0 Å². The summed E-state index contributed by atoms with van der Waals surface area (Å²) in [5.74, 6) is 0. The van der Waals surface area contributed by atoms with E-state index in [-0.39, 0.29) is 0 Å². The number of hydrogen-bond donors (Lipinski definition) is 0. The maximum Gasteiger partial charge on any atom is 0.243 e. The van der Waals surface area contributed by atoms with Gasteiger partial charge in [-0.15, -0.1) is 0 Å². The van der Waals surface area contributed by atoms with E-state index in [1.54, 1.807) is 0 Å². The highest BCUT2D eigenvalue weighted by atomic mass is 15.1. The van der Waals surface area contributed by atoms with Gasteiger partial charge in [0.05, 0.1) is 13.6 Å². The van der Waals surface area contributed by atoms with Gasteiger partial charge in [-0.05, 0) is 6.92 Å². The number of hydrogen-bond acceptors (Lipinski definition) is 0. The molecule has 0 atom stereocenters. The molecule has 0 spiro atoms. The fourth-order valence-corrected chi connectivity index (χ4v) is 0.689. The van der Waals surface area contributed by atoms with E-state index in [2.05, 4.69) is 37.9 Å². The molecule has 0 fully saturated rings. The smallest absolute Gasteiger partial charge is 0.240 e. The lowest BCUT2D eigenvalue weighted by molar-refractivity contribution is -0.671. The van der Waals surface area contributed by atoms with Crippen molar-refractivity contribution in [3.63, 3.8) is 0 Å². The second kappa shape index (κ2) is 6.89. The first kappa shape index (κ1) is 11.2. The molecule has 0 aliphatic heterocycles. The SMILES string of the molecule is CCCC.CCn1cc[n+](C)c1. The van der Waals surface area contributed by atoms with Crippen molar-refractivity contribution in [2.24, 2.45) is 7.05 Å². The van der Waals surface area contributed by atoms with Crippen molar-refractivity contribution in [1.82, 2.24) is 4.57 Å². The highest BCUT2D eigenvalue weighted by Crippen LogP contribution is 1.79. The Kier molecular flexibility index (Phi) is 6.44. The first-order chi connectivity index (χ1) is 5.74. The normalized spacial score (nSPS) is 9.00. The van der Waals surface area contributed by atoms with Gasteiger partial charge in [-0.2, -0.15) is 0 Å². The van der Waals surface area contributed by atoms with E-state index in [0.29, 0.717) is 0 Å². The molecule has 0 aliphatic rings. The lowest BCUT2D eigenvalue weighted by Crippen LogP contribution is -2.23. The number of unbranched alkanes of at least 4 members (excludes halogenated alkanes) is 1. The third-order valence-corrected chi connectivity index (χ3v) is 1.69. The number of imidazole rings is 1. The van der Waals surface area contributed by atoms with Crippen LogP contribution in [0.15, 0.2) is 18.7 Å². The van der Waals surface area contributed by atoms with Crippen LogP contribution in [0.4, 0.5) is 0 Å². The minimum Gasteiger partial charge on any atom is -0.240 e. The van der Waals surface area contributed by atoms with Crippen molar-refractivity contribution < 1.29 is 4.57 Å². The van der Waals surface area contributed by atoms with Crippen molar-refractivity contribution in [2.75, 3.05) is 0 Å². The summed E-state index contributed by atoms with van der Waals surface area (Å²) in [7, 11) is 2.02. The Bertz CT molecular complexity index is 189. The molecule has 12 heavy (non-hydrogen) atoms. The molecule has 0 saturated heterocycles. The van der Waals surface area contributed by atoms with Crippen LogP contribution in [-0.2, 0) is 13.6 Å². The summed E-state index contributed by atoms with van der Waals surface area (Å²) < 4.78 is 4.16. The first-order valence-corrected chi connectivity index (χ1v) is 4.75. The molecule has 1 aromatic rings. The molecule has 0 bridgehead atoms. The van der Waals surface area contributed by atoms with Crippen LogP contribution in [0.5, 0.6) is 0 Å². The zero-order valence-electron chi connectivity index (χ0n) is 8.75. The Morgan fingerprint density at radius 3 is 1.92 bits per heavy atom. The van der Waals surface area contributed by atoms with Crippen LogP contribution in [-0.4, -0.2) is 4.57 Å². The molecular formula is C10H21N2+. The Balaban J connectivity index is 0.000000261. The van der Waals surface area contributed by atoms with Gasteiger partial charge < -0.3 is 0 Å². The van der Waals surface area contributed by atoms with Gasteiger partial charge in [-0.1, -0.05) is 26.7 Å². The van der Waals surface area contributed by atoms with Crippen molar-refractivity contribution in [1.29, 1.82) is 0 Å². The quantitative estimate of drug-likeness (QED) is 0.600. The van der Waals surface area contributed by atoms with Gasteiger partial charge >= 0.3 is 0 Å². The molecule has 0 aliphatic carbocycles. The van der Waals surface area contributed by atoms with Crippen LogP contribution in [0.25, 0.3) is 0 Å². The van der Waals surface area contributed by atoms with Crippen molar-refractivity contribution in [3.8, 4) is 0 Å². The fourth-order valence-electron chi connectivity index (χ4n) is 0.689. The summed E-state index contributed by atoms with van der Waals surface area (Å²) in [5, 5.41) is 0. The lowest BCUT2D eigenvalue weighted by atomic mass is 10.4. The molecule has 1 heterocycles. The van der Waals surface area contributed by atoms with E-state index in [4.69, 9.17) is 0 Å². The van der Waals surface area contributed by atoms with Gasteiger partial charge in [0.15, 0.2) is 0 Å². The summed E-state index contributed by atoms with van der Waals surface area (Å²) in [4.78, 5) is 0. The largest absolute Gasteiger partial charge is 0.243 e. The Hall–Kier alpha value is -0.790. The highest BCUT2D eigenvalue weighted by Gasteiger charge is 1.92. The summed E-state index contributed by atoms with van der Waals surface area (Å²) >= 11 is 0. The average Bonchev–Trinajstić information content (AvgIpc) is 2.52.